The lowest BCUT2D eigenvalue weighted by Crippen LogP contribution is -2.35. The van der Waals surface area contributed by atoms with Crippen molar-refractivity contribution in [3.8, 4) is 0 Å². The van der Waals surface area contributed by atoms with E-state index in [-0.39, 0.29) is 19.0 Å². The zero-order valence-corrected chi connectivity index (χ0v) is 11.1. The molecule has 0 fully saturated rings. The second-order valence-electron chi connectivity index (χ2n) is 3.89. The number of hydrogen-bond acceptors (Lipinski definition) is 2. The molecule has 1 aromatic carbocycles. The Morgan fingerprint density at radius 2 is 2.11 bits per heavy atom. The second kappa shape index (κ2) is 5.22. The summed E-state index contributed by atoms with van der Waals surface area (Å²) in [6.45, 7) is 0.0228. The number of hydrogen-bond donors (Lipinski definition) is 2. The summed E-state index contributed by atoms with van der Waals surface area (Å²) < 4.78 is 2.77. The third-order valence-electron chi connectivity index (χ3n) is 2.51. The SMILES string of the molecule is NC(=O)CNC(=O)Cn1ccc2ccc(Br)cc21. The number of halogens is 1. The molecule has 0 spiro atoms. The van der Waals surface area contributed by atoms with Gasteiger partial charge in [0.15, 0.2) is 0 Å². The second-order valence-corrected chi connectivity index (χ2v) is 4.81. The van der Waals surface area contributed by atoms with Crippen LogP contribution in [-0.4, -0.2) is 22.9 Å². The van der Waals surface area contributed by atoms with Gasteiger partial charge in [0, 0.05) is 16.2 Å². The standard InChI is InChI=1S/C12H12BrN3O2/c13-9-2-1-8-3-4-16(10(8)5-9)7-12(18)15-6-11(14)17/h1-5H,6-7H2,(H2,14,17)(H,15,18). The summed E-state index contributed by atoms with van der Waals surface area (Å²) in [6, 6.07) is 7.79. The molecule has 2 aromatic rings. The Bertz CT molecular complexity index is 606. The van der Waals surface area contributed by atoms with Crippen molar-refractivity contribution in [2.75, 3.05) is 6.54 Å². The molecule has 1 heterocycles. The molecule has 1 aromatic heterocycles. The first-order chi connectivity index (χ1) is 8.56. The molecule has 0 aliphatic rings. The van der Waals surface area contributed by atoms with E-state index in [0.717, 1.165) is 15.4 Å². The minimum atomic E-state index is -0.552. The summed E-state index contributed by atoms with van der Waals surface area (Å²) >= 11 is 3.39. The molecule has 0 saturated heterocycles. The van der Waals surface area contributed by atoms with E-state index in [2.05, 4.69) is 21.2 Å². The van der Waals surface area contributed by atoms with Gasteiger partial charge in [-0.3, -0.25) is 9.59 Å². The van der Waals surface area contributed by atoms with Gasteiger partial charge in [0.25, 0.3) is 0 Å². The smallest absolute Gasteiger partial charge is 0.240 e. The van der Waals surface area contributed by atoms with Gasteiger partial charge in [0.05, 0.1) is 6.54 Å². The van der Waals surface area contributed by atoms with Crippen LogP contribution >= 0.6 is 15.9 Å². The molecule has 0 unspecified atom stereocenters. The van der Waals surface area contributed by atoms with Gasteiger partial charge >= 0.3 is 0 Å². The molecule has 0 atom stereocenters. The summed E-state index contributed by atoms with van der Waals surface area (Å²) in [5, 5.41) is 3.51. The fraction of sp³-hybridized carbons (Fsp3) is 0.167. The molecule has 0 radical (unpaired) electrons. The van der Waals surface area contributed by atoms with Gasteiger partial charge in [-0.25, -0.2) is 0 Å². The number of nitrogens with two attached hydrogens (primary N) is 1. The van der Waals surface area contributed by atoms with E-state index < -0.39 is 5.91 Å². The van der Waals surface area contributed by atoms with Gasteiger partial charge < -0.3 is 15.6 Å². The number of amides is 2. The van der Waals surface area contributed by atoms with Gasteiger partial charge in [0.2, 0.25) is 11.8 Å². The number of benzene rings is 1. The van der Waals surface area contributed by atoms with Gasteiger partial charge in [0.1, 0.15) is 6.54 Å². The van der Waals surface area contributed by atoms with Crippen LogP contribution in [0.1, 0.15) is 0 Å². The molecule has 2 rings (SSSR count). The average Bonchev–Trinajstić information content (AvgIpc) is 2.69. The highest BCUT2D eigenvalue weighted by Crippen LogP contribution is 2.20. The number of fused-ring (bicyclic) bond motifs is 1. The van der Waals surface area contributed by atoms with Crippen molar-refractivity contribution in [3.63, 3.8) is 0 Å². The lowest BCUT2D eigenvalue weighted by molar-refractivity contribution is -0.125. The van der Waals surface area contributed by atoms with Crippen molar-refractivity contribution in [2.24, 2.45) is 5.73 Å². The molecule has 0 bridgehead atoms. The van der Waals surface area contributed by atoms with E-state index in [1.54, 1.807) is 0 Å². The predicted octanol–water partition coefficient (Wildman–Crippen LogP) is 1.01. The largest absolute Gasteiger partial charge is 0.368 e. The number of carbonyl (C=O) groups is 2. The zero-order valence-electron chi connectivity index (χ0n) is 9.52. The van der Waals surface area contributed by atoms with Crippen molar-refractivity contribution < 1.29 is 9.59 Å². The van der Waals surface area contributed by atoms with E-state index in [1.165, 1.54) is 0 Å². The van der Waals surface area contributed by atoms with Crippen LogP contribution in [0.15, 0.2) is 34.9 Å². The first kappa shape index (κ1) is 12.6. The van der Waals surface area contributed by atoms with Crippen molar-refractivity contribution in [1.82, 2.24) is 9.88 Å². The molecule has 0 saturated carbocycles. The quantitative estimate of drug-likeness (QED) is 0.884. The van der Waals surface area contributed by atoms with Crippen molar-refractivity contribution in [1.29, 1.82) is 0 Å². The maximum atomic E-state index is 11.6. The van der Waals surface area contributed by atoms with Crippen LogP contribution in [0.25, 0.3) is 10.9 Å². The Labute approximate surface area is 112 Å². The third kappa shape index (κ3) is 2.89. The number of rotatable bonds is 4. The number of nitrogens with one attached hydrogen (secondary N) is 1. The fourth-order valence-corrected chi connectivity index (χ4v) is 2.04. The normalized spacial score (nSPS) is 10.5. The van der Waals surface area contributed by atoms with Crippen molar-refractivity contribution in [3.05, 3.63) is 34.9 Å². The summed E-state index contributed by atoms with van der Waals surface area (Å²) in [5.41, 5.74) is 5.91. The van der Waals surface area contributed by atoms with E-state index in [9.17, 15) is 9.59 Å². The Morgan fingerprint density at radius 1 is 1.33 bits per heavy atom. The summed E-state index contributed by atoms with van der Waals surface area (Å²) in [4.78, 5) is 22.1. The number of primary amides is 1. The molecule has 6 heteroatoms. The van der Waals surface area contributed by atoms with Crippen LogP contribution in [-0.2, 0) is 16.1 Å². The Hall–Kier alpha value is -1.82. The van der Waals surface area contributed by atoms with Gasteiger partial charge in [-0.15, -0.1) is 0 Å². The zero-order chi connectivity index (χ0) is 13.1. The van der Waals surface area contributed by atoms with Crippen molar-refractivity contribution in [2.45, 2.75) is 6.54 Å². The maximum absolute atomic E-state index is 11.6. The third-order valence-corrected chi connectivity index (χ3v) is 3.00. The lowest BCUT2D eigenvalue weighted by Gasteiger charge is -2.06. The Balaban J connectivity index is 2.14. The van der Waals surface area contributed by atoms with Gasteiger partial charge in [-0.1, -0.05) is 22.0 Å². The molecule has 3 N–H and O–H groups in total. The average molecular weight is 310 g/mol. The summed E-state index contributed by atoms with van der Waals surface area (Å²) in [6.07, 6.45) is 1.83. The van der Waals surface area contributed by atoms with Gasteiger partial charge in [-0.2, -0.15) is 0 Å². The van der Waals surface area contributed by atoms with Crippen LogP contribution in [0.2, 0.25) is 0 Å². The molecule has 5 nitrogen and oxygen atoms in total. The number of aromatic nitrogens is 1. The van der Waals surface area contributed by atoms with Crippen LogP contribution in [0.3, 0.4) is 0 Å². The predicted molar refractivity (Wildman–Crippen MR) is 71.8 cm³/mol. The van der Waals surface area contributed by atoms with E-state index in [0.29, 0.717) is 0 Å². The molecule has 2 amide bonds. The molecule has 0 aliphatic carbocycles. The highest BCUT2D eigenvalue weighted by atomic mass is 79.9. The first-order valence-electron chi connectivity index (χ1n) is 5.35. The summed E-state index contributed by atoms with van der Waals surface area (Å²) in [5.74, 6) is -0.797. The number of nitrogens with zero attached hydrogens (tertiary/aromatic N) is 1. The molecular weight excluding hydrogens is 298 g/mol. The highest BCUT2D eigenvalue weighted by molar-refractivity contribution is 9.10. The Kier molecular flexibility index (Phi) is 3.66. The van der Waals surface area contributed by atoms with Crippen LogP contribution in [0, 0.1) is 0 Å². The fourth-order valence-electron chi connectivity index (χ4n) is 1.69. The van der Waals surface area contributed by atoms with E-state index >= 15 is 0 Å². The first-order valence-corrected chi connectivity index (χ1v) is 6.15. The molecule has 0 aliphatic heterocycles. The maximum Gasteiger partial charge on any atom is 0.240 e. The van der Waals surface area contributed by atoms with Crippen LogP contribution in [0.5, 0.6) is 0 Å². The monoisotopic (exact) mass is 309 g/mol. The summed E-state index contributed by atoms with van der Waals surface area (Å²) in [7, 11) is 0. The minimum Gasteiger partial charge on any atom is -0.368 e. The topological polar surface area (TPSA) is 77.1 Å². The van der Waals surface area contributed by atoms with Gasteiger partial charge in [-0.05, 0) is 23.6 Å². The molecule has 94 valence electrons. The van der Waals surface area contributed by atoms with Crippen molar-refractivity contribution >= 4 is 38.6 Å². The minimum absolute atomic E-state index is 0.137. The van der Waals surface area contributed by atoms with E-state index in [1.807, 2.05) is 35.0 Å². The van der Waals surface area contributed by atoms with E-state index in [4.69, 9.17) is 5.73 Å². The lowest BCUT2D eigenvalue weighted by atomic mass is 10.2. The number of carbonyl (C=O) groups excluding carboxylic acids is 2. The van der Waals surface area contributed by atoms with Crippen LogP contribution < -0.4 is 11.1 Å². The van der Waals surface area contributed by atoms with Crippen LogP contribution in [0.4, 0.5) is 0 Å². The highest BCUT2D eigenvalue weighted by Gasteiger charge is 2.07. The molecule has 18 heavy (non-hydrogen) atoms. The molecular formula is C12H12BrN3O2. The Morgan fingerprint density at radius 3 is 2.83 bits per heavy atom.